The number of fused-ring (bicyclic) bond motifs is 3. The molecule has 0 saturated heterocycles. The standard InChI is InChI=1S/C18H23N3O3/c1-10(2)9-19-18(22)16-13-6-11-7-14(23-4)15(24-5)8-12(11)17(13)21(3)20-16/h7-8,10H,6,9H2,1-5H3,(H,19,22). The Morgan fingerprint density at radius 1 is 1.29 bits per heavy atom. The number of benzene rings is 1. The molecule has 1 aliphatic carbocycles. The summed E-state index contributed by atoms with van der Waals surface area (Å²) in [7, 11) is 5.11. The van der Waals surface area contributed by atoms with Gasteiger partial charge >= 0.3 is 0 Å². The molecular formula is C18H23N3O3. The molecule has 0 fully saturated rings. The van der Waals surface area contributed by atoms with Gasteiger partial charge in [0.1, 0.15) is 0 Å². The smallest absolute Gasteiger partial charge is 0.272 e. The lowest BCUT2D eigenvalue weighted by Crippen LogP contribution is -2.28. The highest BCUT2D eigenvalue weighted by molar-refractivity contribution is 5.97. The minimum Gasteiger partial charge on any atom is -0.493 e. The Kier molecular flexibility index (Phi) is 4.22. The summed E-state index contributed by atoms with van der Waals surface area (Å²) in [6, 6.07) is 3.93. The van der Waals surface area contributed by atoms with E-state index in [0.717, 1.165) is 22.4 Å². The molecule has 0 saturated carbocycles. The maximum atomic E-state index is 12.5. The molecule has 2 aromatic rings. The van der Waals surface area contributed by atoms with E-state index in [2.05, 4.69) is 24.3 Å². The number of carbonyl (C=O) groups is 1. The number of methoxy groups -OCH3 is 2. The fourth-order valence-electron chi connectivity index (χ4n) is 3.11. The third-order valence-corrected chi connectivity index (χ3v) is 4.26. The Morgan fingerprint density at radius 2 is 1.96 bits per heavy atom. The summed E-state index contributed by atoms with van der Waals surface area (Å²) in [5.74, 6) is 1.66. The topological polar surface area (TPSA) is 65.4 Å². The molecule has 6 nitrogen and oxygen atoms in total. The largest absolute Gasteiger partial charge is 0.493 e. The minimum absolute atomic E-state index is 0.118. The van der Waals surface area contributed by atoms with Crippen molar-refractivity contribution in [2.75, 3.05) is 20.8 Å². The van der Waals surface area contributed by atoms with E-state index in [0.29, 0.717) is 36.1 Å². The van der Waals surface area contributed by atoms with Gasteiger partial charge in [0, 0.05) is 31.1 Å². The quantitative estimate of drug-likeness (QED) is 0.780. The van der Waals surface area contributed by atoms with E-state index in [-0.39, 0.29) is 5.91 Å². The molecule has 1 aromatic heterocycles. The van der Waals surface area contributed by atoms with Crippen LogP contribution in [0.3, 0.4) is 0 Å². The van der Waals surface area contributed by atoms with Crippen LogP contribution in [0.5, 0.6) is 11.5 Å². The highest BCUT2D eigenvalue weighted by Crippen LogP contribution is 2.43. The first-order valence-electron chi connectivity index (χ1n) is 8.05. The van der Waals surface area contributed by atoms with E-state index >= 15 is 0 Å². The maximum absolute atomic E-state index is 12.5. The molecule has 0 radical (unpaired) electrons. The zero-order chi connectivity index (χ0) is 17.4. The third-order valence-electron chi connectivity index (χ3n) is 4.26. The summed E-state index contributed by atoms with van der Waals surface area (Å²) >= 11 is 0. The Morgan fingerprint density at radius 3 is 2.58 bits per heavy atom. The number of nitrogens with zero attached hydrogens (tertiary/aromatic N) is 2. The van der Waals surface area contributed by atoms with Gasteiger partial charge in [-0.2, -0.15) is 5.10 Å². The zero-order valence-electron chi connectivity index (χ0n) is 14.8. The van der Waals surface area contributed by atoms with Crippen molar-refractivity contribution in [1.82, 2.24) is 15.1 Å². The number of rotatable bonds is 5. The Hall–Kier alpha value is -2.50. The summed E-state index contributed by atoms with van der Waals surface area (Å²) in [6.07, 6.45) is 0.670. The number of nitrogens with one attached hydrogen (secondary N) is 1. The molecule has 1 heterocycles. The molecule has 1 amide bonds. The van der Waals surface area contributed by atoms with Gasteiger partial charge in [-0.25, -0.2) is 0 Å². The van der Waals surface area contributed by atoms with Crippen molar-refractivity contribution in [2.24, 2.45) is 13.0 Å². The second-order valence-electron chi connectivity index (χ2n) is 6.44. The number of amides is 1. The molecule has 1 aliphatic rings. The Labute approximate surface area is 141 Å². The molecule has 1 aromatic carbocycles. The summed E-state index contributed by atoms with van der Waals surface area (Å²) in [6.45, 7) is 4.77. The molecule has 0 unspecified atom stereocenters. The zero-order valence-corrected chi connectivity index (χ0v) is 14.8. The lowest BCUT2D eigenvalue weighted by atomic mass is 10.1. The van der Waals surface area contributed by atoms with Crippen LogP contribution >= 0.6 is 0 Å². The van der Waals surface area contributed by atoms with Crippen LogP contribution in [0, 0.1) is 5.92 Å². The van der Waals surface area contributed by atoms with Gasteiger partial charge in [0.25, 0.3) is 5.91 Å². The van der Waals surface area contributed by atoms with Crippen LogP contribution in [-0.4, -0.2) is 36.5 Å². The van der Waals surface area contributed by atoms with Crippen molar-refractivity contribution in [3.8, 4) is 22.8 Å². The fraction of sp³-hybridized carbons (Fsp3) is 0.444. The third kappa shape index (κ3) is 2.62. The van der Waals surface area contributed by atoms with Gasteiger partial charge in [-0.3, -0.25) is 9.48 Å². The molecular weight excluding hydrogens is 306 g/mol. The van der Waals surface area contributed by atoms with Crippen LogP contribution in [0.25, 0.3) is 11.3 Å². The fourth-order valence-corrected chi connectivity index (χ4v) is 3.11. The molecule has 0 atom stereocenters. The molecule has 24 heavy (non-hydrogen) atoms. The van der Waals surface area contributed by atoms with Crippen molar-refractivity contribution < 1.29 is 14.3 Å². The number of aryl methyl sites for hydroxylation is 1. The first kappa shape index (κ1) is 16.4. The average Bonchev–Trinajstić information content (AvgIpc) is 3.08. The molecule has 1 N–H and O–H groups in total. The molecule has 0 aliphatic heterocycles. The normalized spacial score (nSPS) is 12.1. The van der Waals surface area contributed by atoms with E-state index in [4.69, 9.17) is 9.47 Å². The first-order chi connectivity index (χ1) is 11.5. The highest BCUT2D eigenvalue weighted by Gasteiger charge is 2.30. The number of aromatic nitrogens is 2. The molecule has 3 rings (SSSR count). The van der Waals surface area contributed by atoms with Gasteiger partial charge in [0.2, 0.25) is 0 Å². The summed E-state index contributed by atoms with van der Waals surface area (Å²) < 4.78 is 12.6. The van der Waals surface area contributed by atoms with Crippen LogP contribution in [0.15, 0.2) is 12.1 Å². The van der Waals surface area contributed by atoms with E-state index < -0.39 is 0 Å². The minimum atomic E-state index is -0.118. The second kappa shape index (κ2) is 6.19. The van der Waals surface area contributed by atoms with Crippen LogP contribution in [0.2, 0.25) is 0 Å². The van der Waals surface area contributed by atoms with Gasteiger partial charge in [0.05, 0.1) is 19.9 Å². The predicted molar refractivity (Wildman–Crippen MR) is 91.7 cm³/mol. The summed E-state index contributed by atoms with van der Waals surface area (Å²) in [5.41, 5.74) is 4.60. The van der Waals surface area contributed by atoms with Gasteiger partial charge in [0.15, 0.2) is 17.2 Å². The maximum Gasteiger partial charge on any atom is 0.272 e. The molecule has 6 heteroatoms. The SMILES string of the molecule is COc1cc2c(cc1OC)-c1c(c(C(=O)NCC(C)C)nn1C)C2. The van der Waals surface area contributed by atoms with Crippen molar-refractivity contribution >= 4 is 5.91 Å². The van der Waals surface area contributed by atoms with Crippen LogP contribution in [0.1, 0.15) is 35.5 Å². The number of hydrogen-bond donors (Lipinski definition) is 1. The highest BCUT2D eigenvalue weighted by atomic mass is 16.5. The van der Waals surface area contributed by atoms with Gasteiger partial charge in [-0.05, 0) is 23.6 Å². The van der Waals surface area contributed by atoms with Gasteiger partial charge < -0.3 is 14.8 Å². The van der Waals surface area contributed by atoms with Gasteiger partial charge in [-0.1, -0.05) is 13.8 Å². The summed E-state index contributed by atoms with van der Waals surface area (Å²) in [5, 5.41) is 7.39. The van der Waals surface area contributed by atoms with Crippen molar-refractivity contribution in [3.05, 3.63) is 29.0 Å². The molecule has 128 valence electrons. The van der Waals surface area contributed by atoms with E-state index in [1.165, 1.54) is 0 Å². The second-order valence-corrected chi connectivity index (χ2v) is 6.44. The van der Waals surface area contributed by atoms with E-state index in [1.807, 2.05) is 19.2 Å². The average molecular weight is 329 g/mol. The molecule has 0 bridgehead atoms. The van der Waals surface area contributed by atoms with Crippen molar-refractivity contribution in [1.29, 1.82) is 0 Å². The number of ether oxygens (including phenoxy) is 2. The molecule has 0 spiro atoms. The lowest BCUT2D eigenvalue weighted by molar-refractivity contribution is 0.0942. The Bertz CT molecular complexity index is 793. The van der Waals surface area contributed by atoms with Crippen LogP contribution in [-0.2, 0) is 13.5 Å². The monoisotopic (exact) mass is 329 g/mol. The van der Waals surface area contributed by atoms with Crippen molar-refractivity contribution in [2.45, 2.75) is 20.3 Å². The van der Waals surface area contributed by atoms with Crippen LogP contribution in [0.4, 0.5) is 0 Å². The van der Waals surface area contributed by atoms with Gasteiger partial charge in [-0.15, -0.1) is 0 Å². The van der Waals surface area contributed by atoms with E-state index in [9.17, 15) is 4.79 Å². The summed E-state index contributed by atoms with van der Waals surface area (Å²) in [4.78, 5) is 12.5. The number of hydrogen-bond acceptors (Lipinski definition) is 4. The predicted octanol–water partition coefficient (Wildman–Crippen LogP) is 2.39. The first-order valence-corrected chi connectivity index (χ1v) is 8.05. The van der Waals surface area contributed by atoms with Crippen molar-refractivity contribution in [3.63, 3.8) is 0 Å². The Balaban J connectivity index is 2.01. The number of carbonyl (C=O) groups excluding carboxylic acids is 1. The van der Waals surface area contributed by atoms with E-state index in [1.54, 1.807) is 18.9 Å². The van der Waals surface area contributed by atoms with Crippen LogP contribution < -0.4 is 14.8 Å². The lowest BCUT2D eigenvalue weighted by Gasteiger charge is -2.11.